The van der Waals surface area contributed by atoms with Crippen molar-refractivity contribution in [2.45, 2.75) is 46.0 Å². The fourth-order valence-corrected chi connectivity index (χ4v) is 4.61. The molecule has 0 spiro atoms. The maximum Gasteiger partial charge on any atom is 0.333 e. The molecule has 1 N–H and O–H groups in total. The van der Waals surface area contributed by atoms with E-state index in [1.165, 1.54) is 13.0 Å². The molecule has 0 aromatic carbocycles. The Labute approximate surface area is 146 Å². The maximum atomic E-state index is 12.8. The summed E-state index contributed by atoms with van der Waals surface area (Å²) in [5.41, 5.74) is -0.835. The van der Waals surface area contributed by atoms with Gasteiger partial charge in [-0.25, -0.2) is 4.79 Å². The highest BCUT2D eigenvalue weighted by Gasteiger charge is 2.65. The summed E-state index contributed by atoms with van der Waals surface area (Å²) in [6, 6.07) is 0. The minimum Gasteiger partial charge on any atom is -0.459 e. The first-order chi connectivity index (χ1) is 11.6. The van der Waals surface area contributed by atoms with Crippen LogP contribution in [0.5, 0.6) is 0 Å². The second kappa shape index (κ2) is 5.80. The number of rotatable bonds is 2. The smallest absolute Gasteiger partial charge is 0.333 e. The van der Waals surface area contributed by atoms with E-state index < -0.39 is 47.5 Å². The fourth-order valence-electron chi connectivity index (χ4n) is 4.61. The number of ether oxygens (including phenoxy) is 2. The highest BCUT2D eigenvalue weighted by atomic mass is 16.6. The molecule has 25 heavy (non-hydrogen) atoms. The minimum atomic E-state index is -1.05. The van der Waals surface area contributed by atoms with Crippen LogP contribution in [0.3, 0.4) is 0 Å². The van der Waals surface area contributed by atoms with E-state index in [1.54, 1.807) is 19.9 Å². The van der Waals surface area contributed by atoms with Gasteiger partial charge in [0, 0.05) is 11.5 Å². The van der Waals surface area contributed by atoms with Crippen LogP contribution < -0.4 is 0 Å². The summed E-state index contributed by atoms with van der Waals surface area (Å²) >= 11 is 0. The molecule has 2 fully saturated rings. The fraction of sp³-hybridized carbons (Fsp3) is 0.632. The number of esters is 2. The van der Waals surface area contributed by atoms with Crippen molar-refractivity contribution in [2.24, 2.45) is 29.1 Å². The molecule has 1 heterocycles. The number of aliphatic hydroxyl groups is 1. The number of aliphatic hydroxyl groups excluding tert-OH is 1. The Bertz CT molecular complexity index is 679. The first kappa shape index (κ1) is 17.9. The molecule has 136 valence electrons. The van der Waals surface area contributed by atoms with Crippen LogP contribution in [0.4, 0.5) is 0 Å². The summed E-state index contributed by atoms with van der Waals surface area (Å²) in [7, 11) is 0. The molecule has 8 atom stereocenters. The summed E-state index contributed by atoms with van der Waals surface area (Å²) in [6.07, 6.45) is 0.635. The molecule has 0 unspecified atom stereocenters. The lowest BCUT2D eigenvalue weighted by molar-refractivity contribution is -0.163. The summed E-state index contributed by atoms with van der Waals surface area (Å²) < 4.78 is 11.1. The first-order valence-corrected chi connectivity index (χ1v) is 8.58. The third kappa shape index (κ3) is 2.38. The quantitative estimate of drug-likeness (QED) is 0.600. The van der Waals surface area contributed by atoms with Gasteiger partial charge in [0.1, 0.15) is 12.2 Å². The zero-order chi connectivity index (χ0) is 18.7. The van der Waals surface area contributed by atoms with Crippen LogP contribution in [0.2, 0.25) is 0 Å². The summed E-state index contributed by atoms with van der Waals surface area (Å²) in [5, 5.41) is 10.8. The Hall–Kier alpha value is -1.95. The van der Waals surface area contributed by atoms with Gasteiger partial charge in [-0.05, 0) is 31.8 Å². The van der Waals surface area contributed by atoms with Gasteiger partial charge in [0.25, 0.3) is 0 Å². The lowest BCUT2D eigenvalue weighted by Crippen LogP contribution is -2.50. The van der Waals surface area contributed by atoms with Gasteiger partial charge in [0.2, 0.25) is 0 Å². The van der Waals surface area contributed by atoms with Gasteiger partial charge in [-0.2, -0.15) is 0 Å². The Morgan fingerprint density at radius 2 is 2.00 bits per heavy atom. The molecule has 1 saturated heterocycles. The second-order valence-corrected chi connectivity index (χ2v) is 7.76. The van der Waals surface area contributed by atoms with Crippen LogP contribution in [0.15, 0.2) is 24.3 Å². The number of allylic oxidation sites excluding steroid dienone is 2. The standard InChI is InChI=1S/C19H24O6/c1-8(2)17(22)25-16-13-10(4)18(23)24-15(13)14(21)9(3)11-6-7-12(20)19(11,16)5/h6-7,9-11,13-16,21H,1H2,2-5H3/t9-,10-,11+,13+,14+,15-,16-,19-/m0/s1. The lowest BCUT2D eigenvalue weighted by atomic mass is 9.66. The summed E-state index contributed by atoms with van der Waals surface area (Å²) in [5.74, 6) is -3.03. The maximum absolute atomic E-state index is 12.8. The van der Waals surface area contributed by atoms with E-state index in [2.05, 4.69) is 6.58 Å². The van der Waals surface area contributed by atoms with Crippen LogP contribution in [-0.4, -0.2) is 41.1 Å². The molecular formula is C19H24O6. The molecule has 6 nitrogen and oxygen atoms in total. The number of hydrogen-bond acceptors (Lipinski definition) is 6. The van der Waals surface area contributed by atoms with E-state index in [0.29, 0.717) is 0 Å². The van der Waals surface area contributed by atoms with Gasteiger partial charge in [-0.3, -0.25) is 9.59 Å². The second-order valence-electron chi connectivity index (χ2n) is 7.76. The van der Waals surface area contributed by atoms with Crippen LogP contribution in [0, 0.1) is 29.1 Å². The predicted octanol–water partition coefficient (Wildman–Crippen LogP) is 1.42. The van der Waals surface area contributed by atoms with Crippen molar-refractivity contribution in [3.8, 4) is 0 Å². The van der Waals surface area contributed by atoms with Crippen molar-refractivity contribution in [1.82, 2.24) is 0 Å². The molecular weight excluding hydrogens is 324 g/mol. The normalized spacial score (nSPS) is 45.4. The summed E-state index contributed by atoms with van der Waals surface area (Å²) in [4.78, 5) is 37.2. The van der Waals surface area contributed by atoms with Gasteiger partial charge >= 0.3 is 11.9 Å². The zero-order valence-corrected chi connectivity index (χ0v) is 14.9. The average molecular weight is 348 g/mol. The Kier molecular flexibility index (Phi) is 4.14. The molecule has 2 aliphatic carbocycles. The van der Waals surface area contributed by atoms with Crippen molar-refractivity contribution in [2.75, 3.05) is 0 Å². The van der Waals surface area contributed by atoms with E-state index in [9.17, 15) is 19.5 Å². The molecule has 0 aromatic heterocycles. The highest BCUT2D eigenvalue weighted by Crippen LogP contribution is 2.54. The Morgan fingerprint density at radius 3 is 2.60 bits per heavy atom. The number of fused-ring (bicyclic) bond motifs is 2. The molecule has 6 heteroatoms. The largest absolute Gasteiger partial charge is 0.459 e. The van der Waals surface area contributed by atoms with Crippen LogP contribution in [0.1, 0.15) is 27.7 Å². The van der Waals surface area contributed by atoms with Gasteiger partial charge in [0.15, 0.2) is 5.78 Å². The van der Waals surface area contributed by atoms with Crippen LogP contribution in [-0.2, 0) is 23.9 Å². The van der Waals surface area contributed by atoms with E-state index in [0.717, 1.165) is 0 Å². The van der Waals surface area contributed by atoms with Gasteiger partial charge in [0.05, 0.1) is 17.4 Å². The zero-order valence-electron chi connectivity index (χ0n) is 14.9. The van der Waals surface area contributed by atoms with Crippen molar-refractivity contribution in [1.29, 1.82) is 0 Å². The minimum absolute atomic E-state index is 0.164. The predicted molar refractivity (Wildman–Crippen MR) is 88.1 cm³/mol. The Morgan fingerprint density at radius 1 is 1.36 bits per heavy atom. The first-order valence-electron chi connectivity index (χ1n) is 8.58. The van der Waals surface area contributed by atoms with Crippen LogP contribution >= 0.6 is 0 Å². The molecule has 1 aliphatic heterocycles. The third-order valence-corrected chi connectivity index (χ3v) is 6.22. The van der Waals surface area contributed by atoms with Gasteiger partial charge in [-0.15, -0.1) is 0 Å². The number of hydrogen-bond donors (Lipinski definition) is 1. The molecule has 0 amide bonds. The molecule has 0 radical (unpaired) electrons. The highest BCUT2D eigenvalue weighted by molar-refractivity contribution is 5.99. The van der Waals surface area contributed by atoms with Crippen molar-refractivity contribution < 1.29 is 29.0 Å². The van der Waals surface area contributed by atoms with Crippen LogP contribution in [0.25, 0.3) is 0 Å². The number of carbonyl (C=O) groups is 3. The van der Waals surface area contributed by atoms with Gasteiger partial charge < -0.3 is 14.6 Å². The lowest BCUT2D eigenvalue weighted by Gasteiger charge is -2.40. The van der Waals surface area contributed by atoms with Crippen molar-refractivity contribution >= 4 is 17.7 Å². The Balaban J connectivity index is 2.14. The van der Waals surface area contributed by atoms with E-state index in [4.69, 9.17) is 9.47 Å². The van der Waals surface area contributed by atoms with Crippen molar-refractivity contribution in [3.63, 3.8) is 0 Å². The topological polar surface area (TPSA) is 89.9 Å². The SMILES string of the molecule is C=C(C)C(=O)O[C@H]1[C@H]2[C@H](OC(=O)[C@H]2C)[C@H](O)[C@@H](C)[C@H]2C=CC(=O)[C@]21C. The monoisotopic (exact) mass is 348 g/mol. The molecule has 3 aliphatic rings. The summed E-state index contributed by atoms with van der Waals surface area (Å²) in [6.45, 7) is 10.4. The van der Waals surface area contributed by atoms with E-state index >= 15 is 0 Å². The molecule has 1 saturated carbocycles. The third-order valence-electron chi connectivity index (χ3n) is 6.22. The van der Waals surface area contributed by atoms with Crippen molar-refractivity contribution in [3.05, 3.63) is 24.3 Å². The molecule has 3 rings (SSSR count). The molecule has 0 bridgehead atoms. The van der Waals surface area contributed by atoms with E-state index in [1.807, 2.05) is 6.92 Å². The van der Waals surface area contributed by atoms with E-state index in [-0.39, 0.29) is 23.2 Å². The molecule has 0 aromatic rings. The number of carbonyl (C=O) groups excluding carboxylic acids is 3. The van der Waals surface area contributed by atoms with Gasteiger partial charge in [-0.1, -0.05) is 26.5 Å². The number of ketones is 1. The average Bonchev–Trinajstić information content (AvgIpc) is 3.00.